The molecule has 1 aromatic heterocycles. The van der Waals surface area contributed by atoms with Crippen molar-refractivity contribution in [2.24, 2.45) is 0 Å². The van der Waals surface area contributed by atoms with E-state index in [0.717, 1.165) is 40.8 Å². The SMILES string of the molecule is COCCn1c(-c2ccc(OC)cc2)cnc1SCC(=O)N1CCc2ccccc21. The molecule has 0 fully saturated rings. The number of carbonyl (C=O) groups is 1. The molecule has 1 aliphatic heterocycles. The van der Waals surface area contributed by atoms with Crippen LogP contribution >= 0.6 is 11.8 Å². The minimum absolute atomic E-state index is 0.109. The Labute approximate surface area is 180 Å². The minimum Gasteiger partial charge on any atom is -0.497 e. The summed E-state index contributed by atoms with van der Waals surface area (Å²) in [4.78, 5) is 19.4. The topological polar surface area (TPSA) is 56.6 Å². The number of fused-ring (bicyclic) bond motifs is 1. The Morgan fingerprint density at radius 3 is 2.70 bits per heavy atom. The Morgan fingerprint density at radius 1 is 1.13 bits per heavy atom. The summed E-state index contributed by atoms with van der Waals surface area (Å²) in [5, 5.41) is 0.818. The van der Waals surface area contributed by atoms with Gasteiger partial charge in [0.05, 0.1) is 31.4 Å². The molecule has 30 heavy (non-hydrogen) atoms. The summed E-state index contributed by atoms with van der Waals surface area (Å²) in [6, 6.07) is 16.0. The number of anilines is 1. The number of para-hydroxylation sites is 1. The van der Waals surface area contributed by atoms with Crippen LogP contribution in [0.2, 0.25) is 0 Å². The van der Waals surface area contributed by atoms with E-state index in [-0.39, 0.29) is 5.91 Å². The number of aromatic nitrogens is 2. The van der Waals surface area contributed by atoms with Crippen LogP contribution in [0.1, 0.15) is 5.56 Å². The second-order valence-corrected chi connectivity index (χ2v) is 7.95. The molecule has 0 radical (unpaired) electrons. The fraction of sp³-hybridized carbons (Fsp3) is 0.304. The van der Waals surface area contributed by atoms with Crippen LogP contribution in [-0.4, -0.2) is 48.6 Å². The van der Waals surface area contributed by atoms with Crippen molar-refractivity contribution in [1.29, 1.82) is 0 Å². The summed E-state index contributed by atoms with van der Waals surface area (Å²) < 4.78 is 12.7. The molecule has 2 heterocycles. The quantitative estimate of drug-likeness (QED) is 0.515. The molecule has 156 valence electrons. The number of imidazole rings is 1. The van der Waals surface area contributed by atoms with Gasteiger partial charge in [0.2, 0.25) is 5.91 Å². The van der Waals surface area contributed by atoms with E-state index in [2.05, 4.69) is 15.6 Å². The van der Waals surface area contributed by atoms with Gasteiger partial charge in [-0.15, -0.1) is 0 Å². The summed E-state index contributed by atoms with van der Waals surface area (Å²) in [7, 11) is 3.34. The summed E-state index contributed by atoms with van der Waals surface area (Å²) in [5.41, 5.74) is 4.31. The Balaban J connectivity index is 1.51. The van der Waals surface area contributed by atoms with E-state index in [4.69, 9.17) is 9.47 Å². The van der Waals surface area contributed by atoms with Gasteiger partial charge in [-0.3, -0.25) is 4.79 Å². The monoisotopic (exact) mass is 423 g/mol. The van der Waals surface area contributed by atoms with Crippen molar-refractivity contribution in [3.63, 3.8) is 0 Å². The Bertz CT molecular complexity index is 1020. The number of methoxy groups -OCH3 is 2. The highest BCUT2D eigenvalue weighted by molar-refractivity contribution is 7.99. The lowest BCUT2D eigenvalue weighted by Crippen LogP contribution is -2.30. The molecule has 6 nitrogen and oxygen atoms in total. The van der Waals surface area contributed by atoms with E-state index in [1.165, 1.54) is 17.3 Å². The third-order valence-corrected chi connectivity index (χ3v) is 6.21. The molecule has 1 amide bonds. The molecule has 0 N–H and O–H groups in total. The highest BCUT2D eigenvalue weighted by Gasteiger charge is 2.24. The van der Waals surface area contributed by atoms with Crippen molar-refractivity contribution < 1.29 is 14.3 Å². The fourth-order valence-corrected chi connectivity index (χ4v) is 4.55. The summed E-state index contributed by atoms with van der Waals surface area (Å²) in [5.74, 6) is 1.27. The summed E-state index contributed by atoms with van der Waals surface area (Å²) in [6.07, 6.45) is 2.77. The van der Waals surface area contributed by atoms with E-state index >= 15 is 0 Å². The standard InChI is InChI=1S/C23H25N3O3S/c1-28-14-13-26-21(18-7-9-19(29-2)10-8-18)15-24-23(26)30-16-22(27)25-12-11-17-5-3-4-6-20(17)25/h3-10,15H,11-14,16H2,1-2H3. The van der Waals surface area contributed by atoms with Crippen LogP contribution in [0.5, 0.6) is 5.75 Å². The zero-order valence-electron chi connectivity index (χ0n) is 17.2. The van der Waals surface area contributed by atoms with Crippen LogP contribution in [0.15, 0.2) is 59.9 Å². The molecule has 0 saturated heterocycles. The van der Waals surface area contributed by atoms with Crippen molar-refractivity contribution in [3.05, 3.63) is 60.3 Å². The molecule has 4 rings (SSSR count). The normalized spacial score (nSPS) is 12.8. The van der Waals surface area contributed by atoms with E-state index < -0.39 is 0 Å². The van der Waals surface area contributed by atoms with Crippen LogP contribution in [0.25, 0.3) is 11.3 Å². The van der Waals surface area contributed by atoms with E-state index in [9.17, 15) is 4.79 Å². The number of nitrogens with zero attached hydrogens (tertiary/aromatic N) is 3. The lowest BCUT2D eigenvalue weighted by molar-refractivity contribution is -0.116. The fourth-order valence-electron chi connectivity index (χ4n) is 3.67. The van der Waals surface area contributed by atoms with Crippen molar-refractivity contribution >= 4 is 23.4 Å². The Hall–Kier alpha value is -2.77. The first kappa shape index (κ1) is 20.5. The zero-order valence-corrected chi connectivity index (χ0v) is 18.0. The molecule has 3 aromatic rings. The molecule has 1 aliphatic rings. The lowest BCUT2D eigenvalue weighted by Gasteiger charge is -2.17. The molecule has 0 aliphatic carbocycles. The van der Waals surface area contributed by atoms with Gasteiger partial charge in [-0.25, -0.2) is 4.98 Å². The van der Waals surface area contributed by atoms with Gasteiger partial charge in [-0.1, -0.05) is 30.0 Å². The van der Waals surface area contributed by atoms with Crippen LogP contribution in [0, 0.1) is 0 Å². The first-order chi connectivity index (χ1) is 14.7. The Kier molecular flexibility index (Phi) is 6.40. The van der Waals surface area contributed by atoms with Crippen molar-refractivity contribution in [3.8, 4) is 17.0 Å². The molecular formula is C23H25N3O3S. The third-order valence-electron chi connectivity index (χ3n) is 5.24. The molecular weight excluding hydrogens is 398 g/mol. The number of hydrogen-bond acceptors (Lipinski definition) is 5. The van der Waals surface area contributed by atoms with Gasteiger partial charge < -0.3 is 18.9 Å². The van der Waals surface area contributed by atoms with Gasteiger partial charge in [0.25, 0.3) is 0 Å². The first-order valence-corrected chi connectivity index (χ1v) is 10.9. The predicted octanol–water partition coefficient (Wildman–Crippen LogP) is 3.89. The highest BCUT2D eigenvalue weighted by Crippen LogP contribution is 2.30. The highest BCUT2D eigenvalue weighted by atomic mass is 32.2. The first-order valence-electron chi connectivity index (χ1n) is 9.91. The number of rotatable bonds is 8. The summed E-state index contributed by atoms with van der Waals surface area (Å²) >= 11 is 1.47. The van der Waals surface area contributed by atoms with Gasteiger partial charge in [0.1, 0.15) is 5.75 Å². The molecule has 0 unspecified atom stereocenters. The van der Waals surface area contributed by atoms with Crippen molar-refractivity contribution in [1.82, 2.24) is 9.55 Å². The second-order valence-electron chi connectivity index (χ2n) is 7.01. The van der Waals surface area contributed by atoms with E-state index in [1.54, 1.807) is 14.2 Å². The van der Waals surface area contributed by atoms with E-state index in [1.807, 2.05) is 53.6 Å². The molecule has 0 atom stereocenters. The van der Waals surface area contributed by atoms with Crippen LogP contribution in [0.4, 0.5) is 5.69 Å². The zero-order chi connectivity index (χ0) is 20.9. The number of benzene rings is 2. The molecule has 2 aromatic carbocycles. The van der Waals surface area contributed by atoms with Crippen LogP contribution in [-0.2, 0) is 22.5 Å². The maximum absolute atomic E-state index is 12.9. The number of ether oxygens (including phenoxy) is 2. The molecule has 0 bridgehead atoms. The van der Waals surface area contributed by atoms with Gasteiger partial charge >= 0.3 is 0 Å². The van der Waals surface area contributed by atoms with Gasteiger partial charge in [0, 0.05) is 31.5 Å². The Morgan fingerprint density at radius 2 is 1.93 bits per heavy atom. The maximum Gasteiger partial charge on any atom is 0.237 e. The van der Waals surface area contributed by atoms with Crippen molar-refractivity contribution in [2.45, 2.75) is 18.1 Å². The minimum atomic E-state index is 0.109. The number of thioether (sulfide) groups is 1. The average Bonchev–Trinajstić information content (AvgIpc) is 3.40. The third kappa shape index (κ3) is 4.22. The largest absolute Gasteiger partial charge is 0.497 e. The average molecular weight is 424 g/mol. The predicted molar refractivity (Wildman–Crippen MR) is 119 cm³/mol. The molecule has 0 spiro atoms. The lowest BCUT2D eigenvalue weighted by atomic mass is 10.1. The van der Waals surface area contributed by atoms with Gasteiger partial charge in [0.15, 0.2) is 5.16 Å². The van der Waals surface area contributed by atoms with Crippen LogP contribution < -0.4 is 9.64 Å². The van der Waals surface area contributed by atoms with E-state index in [0.29, 0.717) is 18.9 Å². The van der Waals surface area contributed by atoms with Gasteiger partial charge in [-0.05, 0) is 42.3 Å². The molecule has 7 heteroatoms. The number of carbonyl (C=O) groups excluding carboxylic acids is 1. The maximum atomic E-state index is 12.9. The molecule has 0 saturated carbocycles. The van der Waals surface area contributed by atoms with Gasteiger partial charge in [-0.2, -0.15) is 0 Å². The summed E-state index contributed by atoms with van der Waals surface area (Å²) in [6.45, 7) is 1.98. The second kappa shape index (κ2) is 9.36. The number of amides is 1. The number of hydrogen-bond donors (Lipinski definition) is 0. The smallest absolute Gasteiger partial charge is 0.237 e. The van der Waals surface area contributed by atoms with Crippen LogP contribution in [0.3, 0.4) is 0 Å². The van der Waals surface area contributed by atoms with Crippen molar-refractivity contribution in [2.75, 3.05) is 38.0 Å².